The molecule has 0 aliphatic carbocycles. The van der Waals surface area contributed by atoms with Crippen LogP contribution in [0.3, 0.4) is 0 Å². The third-order valence-corrected chi connectivity index (χ3v) is 5.43. The molecule has 2 heterocycles. The highest BCUT2D eigenvalue weighted by Crippen LogP contribution is 2.40. The summed E-state index contributed by atoms with van der Waals surface area (Å²) < 4.78 is 18.4. The van der Waals surface area contributed by atoms with Gasteiger partial charge in [0.2, 0.25) is 5.91 Å². The van der Waals surface area contributed by atoms with E-state index in [0.29, 0.717) is 41.4 Å². The summed E-state index contributed by atoms with van der Waals surface area (Å²) in [6.07, 6.45) is 3.05. The Morgan fingerprint density at radius 2 is 1.82 bits per heavy atom. The molecule has 1 amide bonds. The third kappa shape index (κ3) is 4.67. The van der Waals surface area contributed by atoms with Crippen molar-refractivity contribution >= 4 is 11.7 Å². The number of ketones is 1. The second-order valence-electron chi connectivity index (χ2n) is 8.15. The van der Waals surface area contributed by atoms with Crippen molar-refractivity contribution in [2.45, 2.75) is 39.4 Å². The summed E-state index contributed by atoms with van der Waals surface area (Å²) >= 11 is 0. The predicted molar refractivity (Wildman–Crippen MR) is 123 cm³/mol. The van der Waals surface area contributed by atoms with E-state index in [0.717, 1.165) is 16.7 Å². The van der Waals surface area contributed by atoms with Crippen LogP contribution in [-0.2, 0) is 0 Å². The summed E-state index contributed by atoms with van der Waals surface area (Å²) in [4.78, 5) is 28.2. The summed E-state index contributed by atoms with van der Waals surface area (Å²) in [5.41, 5.74) is 8.74. The maximum atomic E-state index is 12.3. The van der Waals surface area contributed by atoms with Gasteiger partial charge in [0.15, 0.2) is 11.9 Å². The molecule has 1 aromatic heterocycles. The van der Waals surface area contributed by atoms with Gasteiger partial charge in [-0.15, -0.1) is 0 Å². The lowest BCUT2D eigenvalue weighted by atomic mass is 9.98. The Hall–Kier alpha value is -3.87. The number of carbonyl (C=O) groups is 2. The number of pyridine rings is 1. The zero-order valence-corrected chi connectivity index (χ0v) is 18.8. The molecule has 1 atom stereocenters. The van der Waals surface area contributed by atoms with Gasteiger partial charge < -0.3 is 19.9 Å². The molecule has 1 aliphatic heterocycles. The van der Waals surface area contributed by atoms with E-state index in [-0.39, 0.29) is 11.9 Å². The van der Waals surface area contributed by atoms with Gasteiger partial charge >= 0.3 is 0 Å². The third-order valence-electron chi connectivity index (χ3n) is 5.43. The Labute approximate surface area is 192 Å². The van der Waals surface area contributed by atoms with Crippen molar-refractivity contribution in [3.05, 3.63) is 82.7 Å². The van der Waals surface area contributed by atoms with Crippen LogP contribution < -0.4 is 19.9 Å². The lowest BCUT2D eigenvalue weighted by Crippen LogP contribution is -2.18. The van der Waals surface area contributed by atoms with E-state index in [4.69, 9.17) is 19.9 Å². The molecule has 2 N–H and O–H groups in total. The number of amides is 1. The molecule has 0 fully saturated rings. The molecule has 3 aromatic rings. The van der Waals surface area contributed by atoms with Gasteiger partial charge in [-0.1, -0.05) is 6.07 Å². The number of fused-ring (bicyclic) bond motifs is 1. The van der Waals surface area contributed by atoms with Crippen LogP contribution in [0.4, 0.5) is 0 Å². The molecule has 0 spiro atoms. The van der Waals surface area contributed by atoms with Crippen LogP contribution >= 0.6 is 0 Å². The molecular formula is C26H26N2O5. The van der Waals surface area contributed by atoms with Gasteiger partial charge in [0.05, 0.1) is 18.3 Å². The van der Waals surface area contributed by atoms with Gasteiger partial charge in [-0.05, 0) is 57.2 Å². The van der Waals surface area contributed by atoms with Gasteiger partial charge in [-0.3, -0.25) is 14.6 Å². The highest BCUT2D eigenvalue weighted by atomic mass is 16.5. The lowest BCUT2D eigenvalue weighted by Gasteiger charge is -2.26. The maximum Gasteiger partial charge on any atom is 0.248 e. The average molecular weight is 447 g/mol. The number of primary amides is 1. The number of benzene rings is 2. The van der Waals surface area contributed by atoms with Gasteiger partial charge in [0.1, 0.15) is 17.2 Å². The van der Waals surface area contributed by atoms with E-state index < -0.39 is 12.0 Å². The minimum Gasteiger partial charge on any atom is -0.492 e. The second kappa shape index (κ2) is 9.32. The molecule has 170 valence electrons. The molecule has 7 nitrogen and oxygen atoms in total. The molecule has 0 saturated carbocycles. The molecule has 33 heavy (non-hydrogen) atoms. The first-order valence-corrected chi connectivity index (χ1v) is 10.8. The summed E-state index contributed by atoms with van der Waals surface area (Å²) in [5.74, 6) is 1.17. The van der Waals surface area contributed by atoms with Gasteiger partial charge in [0, 0.05) is 41.1 Å². The Kier molecular flexibility index (Phi) is 6.31. The fourth-order valence-corrected chi connectivity index (χ4v) is 3.82. The predicted octanol–water partition coefficient (Wildman–Crippen LogP) is 4.41. The SMILES string of the molecule is Cc1c(O[C@@H](c2ccncc2)c2ccc(C(N)=O)cc2OC(C)C)ccc2c1OCCC2=O. The number of nitrogens with zero attached hydrogens (tertiary/aromatic N) is 1. The fourth-order valence-electron chi connectivity index (χ4n) is 3.82. The Morgan fingerprint density at radius 1 is 1.06 bits per heavy atom. The first kappa shape index (κ1) is 22.3. The topological polar surface area (TPSA) is 101 Å². The number of hydrogen-bond donors (Lipinski definition) is 1. The minimum absolute atomic E-state index is 0.0613. The molecule has 0 unspecified atom stereocenters. The number of hydrogen-bond acceptors (Lipinski definition) is 6. The number of aromatic nitrogens is 1. The fraction of sp³-hybridized carbons (Fsp3) is 0.269. The van der Waals surface area contributed by atoms with Crippen molar-refractivity contribution in [2.75, 3.05) is 6.61 Å². The number of carbonyl (C=O) groups excluding carboxylic acids is 2. The van der Waals surface area contributed by atoms with Gasteiger partial charge in [-0.25, -0.2) is 0 Å². The van der Waals surface area contributed by atoms with E-state index in [1.54, 1.807) is 42.7 Å². The van der Waals surface area contributed by atoms with Crippen LogP contribution in [0.5, 0.6) is 17.2 Å². The monoisotopic (exact) mass is 446 g/mol. The summed E-state index contributed by atoms with van der Waals surface area (Å²) in [7, 11) is 0. The smallest absolute Gasteiger partial charge is 0.248 e. The van der Waals surface area contributed by atoms with Crippen molar-refractivity contribution < 1.29 is 23.8 Å². The van der Waals surface area contributed by atoms with E-state index >= 15 is 0 Å². The van der Waals surface area contributed by atoms with Crippen molar-refractivity contribution in [2.24, 2.45) is 5.73 Å². The average Bonchev–Trinajstić information content (AvgIpc) is 2.79. The number of ether oxygens (including phenoxy) is 3. The molecule has 1 aliphatic rings. The highest BCUT2D eigenvalue weighted by Gasteiger charge is 2.26. The summed E-state index contributed by atoms with van der Waals surface area (Å²) in [5, 5.41) is 0. The van der Waals surface area contributed by atoms with E-state index in [1.807, 2.05) is 32.9 Å². The largest absolute Gasteiger partial charge is 0.492 e. The minimum atomic E-state index is -0.570. The number of nitrogens with two attached hydrogens (primary N) is 1. The van der Waals surface area contributed by atoms with E-state index in [1.165, 1.54) is 0 Å². The Bertz CT molecular complexity index is 1190. The number of Topliss-reactive ketones (excluding diaryl/α,β-unsaturated/α-hetero) is 1. The Morgan fingerprint density at radius 3 is 2.52 bits per heavy atom. The molecular weight excluding hydrogens is 420 g/mol. The van der Waals surface area contributed by atoms with Crippen LogP contribution in [-0.4, -0.2) is 29.4 Å². The van der Waals surface area contributed by atoms with Crippen molar-refractivity contribution in [1.29, 1.82) is 0 Å². The zero-order chi connectivity index (χ0) is 23.5. The standard InChI is InChI=1S/C26H26N2O5/c1-15(2)32-23-14-18(26(27)30)4-5-20(23)25(17-8-11-28-12-9-17)33-22-7-6-19-21(29)10-13-31-24(19)16(22)3/h4-9,11-12,14-15,25H,10,13H2,1-3H3,(H2,27,30)/t25-/m0/s1. The lowest BCUT2D eigenvalue weighted by molar-refractivity contribution is 0.0931. The van der Waals surface area contributed by atoms with Crippen LogP contribution in [0.1, 0.15) is 63.8 Å². The van der Waals surface area contributed by atoms with Crippen LogP contribution in [0.2, 0.25) is 0 Å². The maximum absolute atomic E-state index is 12.3. The zero-order valence-electron chi connectivity index (χ0n) is 18.8. The van der Waals surface area contributed by atoms with Crippen molar-refractivity contribution in [3.63, 3.8) is 0 Å². The molecule has 0 bridgehead atoms. The van der Waals surface area contributed by atoms with Crippen molar-refractivity contribution in [3.8, 4) is 17.2 Å². The molecule has 0 radical (unpaired) electrons. The van der Waals surface area contributed by atoms with E-state index in [2.05, 4.69) is 4.98 Å². The molecule has 2 aromatic carbocycles. The molecule has 0 saturated heterocycles. The number of rotatable bonds is 7. The molecule has 7 heteroatoms. The van der Waals surface area contributed by atoms with Crippen molar-refractivity contribution in [1.82, 2.24) is 4.98 Å². The van der Waals surface area contributed by atoms with Gasteiger partial charge in [0.25, 0.3) is 0 Å². The summed E-state index contributed by atoms with van der Waals surface area (Å²) in [6.45, 7) is 6.04. The first-order chi connectivity index (χ1) is 15.8. The first-order valence-electron chi connectivity index (χ1n) is 10.8. The summed E-state index contributed by atoms with van der Waals surface area (Å²) in [6, 6.07) is 12.3. The van der Waals surface area contributed by atoms with Crippen LogP contribution in [0, 0.1) is 6.92 Å². The molecule has 4 rings (SSSR count). The van der Waals surface area contributed by atoms with E-state index in [9.17, 15) is 9.59 Å². The van der Waals surface area contributed by atoms with Gasteiger partial charge in [-0.2, -0.15) is 0 Å². The highest BCUT2D eigenvalue weighted by molar-refractivity contribution is 6.00. The van der Waals surface area contributed by atoms with Crippen LogP contribution in [0.25, 0.3) is 0 Å². The normalized spacial score (nSPS) is 13.8. The quantitative estimate of drug-likeness (QED) is 0.577. The second-order valence-corrected chi connectivity index (χ2v) is 8.15. The Balaban J connectivity index is 1.82. The van der Waals surface area contributed by atoms with Crippen LogP contribution in [0.15, 0.2) is 54.9 Å².